The largest absolute Gasteiger partial charge is 0.399 e. The van der Waals surface area contributed by atoms with Gasteiger partial charge in [-0.25, -0.2) is 4.79 Å². The molecule has 13 nitrogen and oxygen atoms in total. The van der Waals surface area contributed by atoms with Gasteiger partial charge in [-0.1, -0.05) is 30.3 Å². The summed E-state index contributed by atoms with van der Waals surface area (Å²) in [6, 6.07) is 10.2. The van der Waals surface area contributed by atoms with Crippen molar-refractivity contribution in [2.75, 3.05) is 39.6 Å². The lowest BCUT2D eigenvalue weighted by Crippen LogP contribution is -2.33. The molecule has 3 rings (SSSR count). The average molecular weight is 659 g/mol. The van der Waals surface area contributed by atoms with Gasteiger partial charge in [-0.2, -0.15) is 8.78 Å². The molecule has 16 heteroatoms. The molecule has 1 aromatic heterocycles. The third-order valence-corrected chi connectivity index (χ3v) is 6.99. The van der Waals surface area contributed by atoms with Gasteiger partial charge in [0.05, 0.1) is 26.4 Å². The summed E-state index contributed by atoms with van der Waals surface area (Å²) in [6.07, 6.45) is 0.625. The number of amides is 2. The molecule has 1 saturated heterocycles. The first-order chi connectivity index (χ1) is 21.2. The molecule has 0 aliphatic carbocycles. The lowest BCUT2D eigenvalue weighted by Gasteiger charge is -2.18. The molecular weight excluding hydrogens is 621 g/mol. The minimum Gasteiger partial charge on any atom is -0.379 e. The number of ketones is 1. The summed E-state index contributed by atoms with van der Waals surface area (Å²) in [5, 5.41) is 0.437. The number of hydroxylamine groups is 2. The molecule has 1 aliphatic heterocycles. The van der Waals surface area contributed by atoms with Gasteiger partial charge in [0.15, 0.2) is 0 Å². The fourth-order valence-corrected chi connectivity index (χ4v) is 4.22. The average Bonchev–Trinajstić information content (AvgIpc) is 3.28. The number of rotatable bonds is 17. The van der Waals surface area contributed by atoms with E-state index in [1.54, 1.807) is 0 Å². The number of carbonyl (C=O) groups is 4. The van der Waals surface area contributed by atoms with Crippen LogP contribution in [0.25, 0.3) is 0 Å². The maximum absolute atomic E-state index is 13.6. The number of nitrogens with zero attached hydrogens (tertiary/aromatic N) is 2. The zero-order chi connectivity index (χ0) is 33.5. The Morgan fingerprint density at radius 3 is 1.93 bits per heavy atom. The van der Waals surface area contributed by atoms with Gasteiger partial charge >= 0.3 is 19.2 Å². The molecule has 2 amide bonds. The van der Waals surface area contributed by atoms with Crippen LogP contribution in [0.2, 0.25) is 0 Å². The molecule has 45 heavy (non-hydrogen) atoms. The Balaban J connectivity index is 0.000000761. The molecule has 1 aliphatic rings. The van der Waals surface area contributed by atoms with E-state index in [1.165, 1.54) is 12.1 Å². The minimum atomic E-state index is -5.65. The van der Waals surface area contributed by atoms with Gasteiger partial charge in [0.2, 0.25) is 0 Å². The molecule has 248 valence electrons. The van der Waals surface area contributed by atoms with Gasteiger partial charge in [-0.05, 0) is 38.0 Å². The van der Waals surface area contributed by atoms with Crippen molar-refractivity contribution in [1.82, 2.24) is 10.0 Å². The third-order valence-electron chi connectivity index (χ3n) is 6.00. The van der Waals surface area contributed by atoms with E-state index in [0.29, 0.717) is 23.7 Å². The van der Waals surface area contributed by atoms with E-state index in [9.17, 15) is 32.5 Å². The Morgan fingerprint density at radius 1 is 0.889 bits per heavy atom. The smallest absolute Gasteiger partial charge is 0.379 e. The molecule has 0 atom stereocenters. The number of ether oxygens (including phenoxy) is 3. The number of aromatic nitrogens is 1. The first-order valence-electron chi connectivity index (χ1n) is 14.0. The van der Waals surface area contributed by atoms with Crippen LogP contribution in [0.4, 0.5) is 8.78 Å². The van der Waals surface area contributed by atoms with Crippen molar-refractivity contribution in [3.05, 3.63) is 65.0 Å². The number of hydrogen-bond donors (Lipinski definition) is 2. The number of benzene rings is 1. The van der Waals surface area contributed by atoms with Crippen LogP contribution in [-0.4, -0.2) is 83.0 Å². The van der Waals surface area contributed by atoms with Gasteiger partial charge in [-0.15, -0.1) is 5.06 Å². The quantitative estimate of drug-likeness (QED) is 0.144. The third kappa shape index (κ3) is 13.6. The summed E-state index contributed by atoms with van der Waals surface area (Å²) in [4.78, 5) is 72.5. The van der Waals surface area contributed by atoms with Crippen LogP contribution in [0.3, 0.4) is 0 Å². The highest BCUT2D eigenvalue weighted by atomic mass is 31.2. The van der Waals surface area contributed by atoms with Crippen LogP contribution in [0, 0.1) is 13.8 Å². The number of hydrogen-bond acceptors (Lipinski definition) is 10. The van der Waals surface area contributed by atoms with Crippen LogP contribution < -0.4 is 0 Å². The second-order valence-electron chi connectivity index (χ2n) is 9.84. The van der Waals surface area contributed by atoms with Gasteiger partial charge in [-0.3, -0.25) is 23.9 Å². The van der Waals surface area contributed by atoms with E-state index in [-0.39, 0.29) is 57.9 Å². The highest BCUT2D eigenvalue weighted by Gasteiger charge is 2.50. The lowest BCUT2D eigenvalue weighted by molar-refractivity contribution is -0.200. The molecule has 1 fully saturated rings. The van der Waals surface area contributed by atoms with Crippen molar-refractivity contribution in [3.8, 4) is 0 Å². The van der Waals surface area contributed by atoms with Crippen LogP contribution in [0.1, 0.15) is 48.2 Å². The second-order valence-corrected chi connectivity index (χ2v) is 11.5. The normalized spacial score (nSPS) is 13.4. The highest BCUT2D eigenvalue weighted by molar-refractivity contribution is 7.52. The number of pyridine rings is 1. The first-order valence-corrected chi connectivity index (χ1v) is 15.6. The van der Waals surface area contributed by atoms with Gasteiger partial charge in [0.25, 0.3) is 11.8 Å². The molecule has 1 aromatic carbocycles. The number of imide groups is 1. The molecule has 0 bridgehead atoms. The predicted molar refractivity (Wildman–Crippen MR) is 154 cm³/mol. The molecule has 0 radical (unpaired) electrons. The van der Waals surface area contributed by atoms with Crippen LogP contribution >= 0.6 is 7.60 Å². The zero-order valence-corrected chi connectivity index (χ0v) is 25.9. The van der Waals surface area contributed by atoms with Crippen LogP contribution in [0.5, 0.6) is 0 Å². The number of halogens is 2. The maximum Gasteiger partial charge on any atom is 0.399 e. The number of alkyl halides is 2. The lowest BCUT2D eigenvalue weighted by atomic mass is 10.0. The van der Waals surface area contributed by atoms with E-state index in [0.717, 1.165) is 23.5 Å². The van der Waals surface area contributed by atoms with E-state index < -0.39 is 43.2 Å². The summed E-state index contributed by atoms with van der Waals surface area (Å²) in [6.45, 7) is 4.56. The Morgan fingerprint density at radius 2 is 1.42 bits per heavy atom. The van der Waals surface area contributed by atoms with Crippen molar-refractivity contribution in [2.45, 2.75) is 51.6 Å². The fourth-order valence-electron chi connectivity index (χ4n) is 3.74. The summed E-state index contributed by atoms with van der Waals surface area (Å²) in [5.41, 5.74) is -2.50. The minimum absolute atomic E-state index is 0.00509. The van der Waals surface area contributed by atoms with E-state index in [2.05, 4.69) is 9.82 Å². The molecule has 0 unspecified atom stereocenters. The molecule has 2 aromatic rings. The molecule has 2 heterocycles. The predicted octanol–water partition coefficient (Wildman–Crippen LogP) is 3.16. The Kier molecular flexibility index (Phi) is 15.5. The summed E-state index contributed by atoms with van der Waals surface area (Å²) in [7, 11) is -5.65. The standard InChI is InChI=1S/C22H28F2NO11P.C7H9N/c23-22(24,37(30,31)32)17-5-3-16(4-6-17)14-18(26)2-1-9-33-10-11-34-12-13-35-15-21(29)36-25-19(27)7-8-20(25)28;1-6-4-3-5-7(2)8-6/h3-6H,1-2,7-15H2,(H2,30,31,32);3-5H,1-2H3. The van der Waals surface area contributed by atoms with Crippen LogP contribution in [0.15, 0.2) is 42.5 Å². The van der Waals surface area contributed by atoms with E-state index in [4.69, 9.17) is 24.0 Å². The van der Waals surface area contributed by atoms with Crippen molar-refractivity contribution in [2.24, 2.45) is 0 Å². The van der Waals surface area contributed by atoms with Gasteiger partial charge in [0.1, 0.15) is 12.4 Å². The fraction of sp³-hybridized carbons (Fsp3) is 0.483. The SMILES string of the molecule is Cc1cccc(C)n1.O=C(CCCOCCOCCOCC(=O)ON1C(=O)CCC1=O)Cc1ccc(C(F)(F)P(=O)(O)O)cc1. The number of Topliss-reactive ketones (excluding diaryl/α,β-unsaturated/α-hetero) is 1. The Labute approximate surface area is 258 Å². The Hall–Kier alpha value is -3.46. The Bertz CT molecular complexity index is 1300. The maximum atomic E-state index is 13.6. The molecule has 0 spiro atoms. The van der Waals surface area contributed by atoms with Crippen molar-refractivity contribution in [1.29, 1.82) is 0 Å². The first kappa shape index (κ1) is 37.7. The van der Waals surface area contributed by atoms with Crippen molar-refractivity contribution in [3.63, 3.8) is 0 Å². The molecule has 2 N–H and O–H groups in total. The van der Waals surface area contributed by atoms with E-state index >= 15 is 0 Å². The monoisotopic (exact) mass is 658 g/mol. The summed E-state index contributed by atoms with van der Waals surface area (Å²) >= 11 is 0. The number of carbonyl (C=O) groups excluding carboxylic acids is 4. The molecular formula is C29H37F2N2O11P. The zero-order valence-electron chi connectivity index (χ0n) is 25.0. The van der Waals surface area contributed by atoms with Crippen LogP contribution in [-0.2, 0) is 54.9 Å². The second kappa shape index (κ2) is 18.5. The van der Waals surface area contributed by atoms with E-state index in [1.807, 2.05) is 32.0 Å². The molecule has 0 saturated carbocycles. The van der Waals surface area contributed by atoms with Crippen molar-refractivity contribution < 1.29 is 61.4 Å². The highest BCUT2D eigenvalue weighted by Crippen LogP contribution is 2.59. The summed E-state index contributed by atoms with van der Waals surface area (Å²) < 4.78 is 53.8. The number of aryl methyl sites for hydroxylation is 2. The van der Waals surface area contributed by atoms with Crippen molar-refractivity contribution >= 4 is 31.2 Å². The topological polar surface area (TPSA) is 179 Å². The summed E-state index contributed by atoms with van der Waals surface area (Å²) in [5.74, 6) is -2.18. The van der Waals surface area contributed by atoms with Gasteiger partial charge in [0, 0.05) is 49.2 Å². The van der Waals surface area contributed by atoms with Gasteiger partial charge < -0.3 is 28.8 Å².